The van der Waals surface area contributed by atoms with Gasteiger partial charge in [0.25, 0.3) is 0 Å². The Morgan fingerprint density at radius 3 is 2.06 bits per heavy atom. The van der Waals surface area contributed by atoms with Crippen LogP contribution in [0.25, 0.3) is 55.0 Å². The third-order valence-corrected chi connectivity index (χ3v) is 11.8. The van der Waals surface area contributed by atoms with Gasteiger partial charge in [0.1, 0.15) is 11.2 Å². The highest BCUT2D eigenvalue weighted by atomic mass is 16.3. The summed E-state index contributed by atoms with van der Waals surface area (Å²) in [5.74, 6) is 0.660. The molecule has 2 heteroatoms. The predicted octanol–water partition coefficient (Wildman–Crippen LogP) is 14.2. The van der Waals surface area contributed by atoms with Gasteiger partial charge >= 0.3 is 0 Å². The third-order valence-electron chi connectivity index (χ3n) is 11.8. The zero-order valence-corrected chi connectivity index (χ0v) is 29.3. The lowest BCUT2D eigenvalue weighted by atomic mass is 9.82. The quantitative estimate of drug-likeness (QED) is 0.183. The lowest BCUT2D eigenvalue weighted by Crippen LogP contribution is -2.17. The van der Waals surface area contributed by atoms with Gasteiger partial charge in [-0.1, -0.05) is 124 Å². The van der Waals surface area contributed by atoms with Crippen LogP contribution in [0.15, 0.2) is 150 Å². The number of anilines is 3. The van der Waals surface area contributed by atoms with Crippen LogP contribution in [0.3, 0.4) is 0 Å². The van der Waals surface area contributed by atoms with Crippen molar-refractivity contribution in [2.75, 3.05) is 4.90 Å². The van der Waals surface area contributed by atoms with Crippen molar-refractivity contribution >= 4 is 49.8 Å². The minimum absolute atomic E-state index is 0.100. The molecule has 0 amide bonds. The molecule has 0 saturated heterocycles. The van der Waals surface area contributed by atoms with E-state index in [1.807, 2.05) is 6.07 Å². The van der Waals surface area contributed by atoms with Gasteiger partial charge in [0.05, 0.1) is 5.69 Å². The Kier molecular flexibility index (Phi) is 6.96. The number of benzene rings is 7. The lowest BCUT2D eigenvalue weighted by molar-refractivity contribution is 0.443. The molecule has 0 N–H and O–H groups in total. The summed E-state index contributed by atoms with van der Waals surface area (Å²) in [6.07, 6.45) is 6.63. The van der Waals surface area contributed by atoms with E-state index in [1.54, 1.807) is 0 Å². The van der Waals surface area contributed by atoms with Crippen molar-refractivity contribution in [3.63, 3.8) is 0 Å². The molecule has 1 saturated carbocycles. The number of furan rings is 1. The molecular weight excluding hydrogens is 619 g/mol. The number of para-hydroxylation sites is 1. The topological polar surface area (TPSA) is 16.4 Å². The fraction of sp³-hybridized carbons (Fsp3) is 0.184. The minimum atomic E-state index is -0.100. The van der Waals surface area contributed by atoms with Crippen LogP contribution in [0.4, 0.5) is 17.1 Å². The highest BCUT2D eigenvalue weighted by Gasteiger charge is 2.36. The molecule has 7 aromatic carbocycles. The fourth-order valence-electron chi connectivity index (χ4n) is 9.13. The first-order valence-corrected chi connectivity index (χ1v) is 18.6. The first kappa shape index (κ1) is 30.2. The summed E-state index contributed by atoms with van der Waals surface area (Å²) in [6.45, 7) is 4.74. The number of nitrogens with zero attached hydrogens (tertiary/aromatic N) is 1. The molecule has 2 aliphatic rings. The molecule has 0 radical (unpaired) electrons. The number of hydrogen-bond donors (Lipinski definition) is 0. The van der Waals surface area contributed by atoms with Crippen molar-refractivity contribution in [3.05, 3.63) is 162 Å². The zero-order chi connectivity index (χ0) is 34.1. The molecule has 0 unspecified atom stereocenters. The molecule has 51 heavy (non-hydrogen) atoms. The highest BCUT2D eigenvalue weighted by Crippen LogP contribution is 2.52. The molecule has 0 atom stereocenters. The monoisotopic (exact) mass is 659 g/mol. The van der Waals surface area contributed by atoms with Crippen molar-refractivity contribution in [2.24, 2.45) is 0 Å². The molecule has 1 heterocycles. The van der Waals surface area contributed by atoms with E-state index in [9.17, 15) is 0 Å². The van der Waals surface area contributed by atoms with Crippen LogP contribution < -0.4 is 4.90 Å². The van der Waals surface area contributed by atoms with Crippen LogP contribution in [0.5, 0.6) is 0 Å². The molecule has 0 spiro atoms. The van der Waals surface area contributed by atoms with Gasteiger partial charge in [-0.05, 0) is 118 Å². The zero-order valence-electron chi connectivity index (χ0n) is 29.3. The third kappa shape index (κ3) is 4.92. The Morgan fingerprint density at radius 1 is 0.529 bits per heavy atom. The maximum absolute atomic E-state index is 6.43. The van der Waals surface area contributed by atoms with Crippen molar-refractivity contribution < 1.29 is 4.42 Å². The Labute approximate surface area is 300 Å². The van der Waals surface area contributed by atoms with Gasteiger partial charge in [-0.3, -0.25) is 0 Å². The van der Waals surface area contributed by atoms with E-state index >= 15 is 0 Å². The van der Waals surface area contributed by atoms with Crippen molar-refractivity contribution in [2.45, 2.75) is 57.3 Å². The minimum Gasteiger partial charge on any atom is -0.456 e. The second-order valence-corrected chi connectivity index (χ2v) is 15.2. The summed E-state index contributed by atoms with van der Waals surface area (Å²) in [4.78, 5) is 2.49. The SMILES string of the molecule is CC1(C)c2ccccc2-c2ccc(N(c3ccc(C4CCCCC4)cc3)c3cc4ccccc4cc3-c3ccc4c(c3)oc3ccccc34)cc21. The van der Waals surface area contributed by atoms with Crippen LogP contribution in [-0.4, -0.2) is 0 Å². The first-order chi connectivity index (χ1) is 25.0. The summed E-state index contributed by atoms with van der Waals surface area (Å²) in [5, 5.41) is 4.74. The van der Waals surface area contributed by atoms with E-state index < -0.39 is 0 Å². The van der Waals surface area contributed by atoms with E-state index in [4.69, 9.17) is 4.42 Å². The molecule has 0 aliphatic heterocycles. The van der Waals surface area contributed by atoms with Crippen LogP contribution >= 0.6 is 0 Å². The maximum atomic E-state index is 6.43. The van der Waals surface area contributed by atoms with E-state index in [-0.39, 0.29) is 5.41 Å². The Bertz CT molecular complexity index is 2600. The normalized spacial score (nSPS) is 15.3. The number of rotatable bonds is 5. The smallest absolute Gasteiger partial charge is 0.136 e. The van der Waals surface area contributed by atoms with E-state index in [0.29, 0.717) is 5.92 Å². The molecule has 10 rings (SSSR count). The van der Waals surface area contributed by atoms with E-state index in [1.165, 1.54) is 87.6 Å². The van der Waals surface area contributed by atoms with Gasteiger partial charge in [-0.2, -0.15) is 0 Å². The average molecular weight is 660 g/mol. The predicted molar refractivity (Wildman–Crippen MR) is 215 cm³/mol. The molecule has 1 fully saturated rings. The van der Waals surface area contributed by atoms with E-state index in [0.717, 1.165) is 33.2 Å². The molecule has 0 bridgehead atoms. The Hall–Kier alpha value is -5.60. The Balaban J connectivity index is 1.20. The summed E-state index contributed by atoms with van der Waals surface area (Å²) < 4.78 is 6.43. The van der Waals surface area contributed by atoms with Gasteiger partial charge in [0, 0.05) is 33.1 Å². The Morgan fingerprint density at radius 2 is 1.22 bits per heavy atom. The summed E-state index contributed by atoms with van der Waals surface area (Å²) >= 11 is 0. The fourth-order valence-corrected chi connectivity index (χ4v) is 9.13. The molecule has 1 aromatic heterocycles. The van der Waals surface area contributed by atoms with Crippen LogP contribution in [0.2, 0.25) is 0 Å². The molecule has 2 nitrogen and oxygen atoms in total. The van der Waals surface area contributed by atoms with Gasteiger partial charge in [-0.15, -0.1) is 0 Å². The maximum Gasteiger partial charge on any atom is 0.136 e. The van der Waals surface area contributed by atoms with Crippen LogP contribution in [-0.2, 0) is 5.41 Å². The van der Waals surface area contributed by atoms with Gasteiger partial charge in [0.2, 0.25) is 0 Å². The van der Waals surface area contributed by atoms with Crippen LogP contribution in [0, 0.1) is 0 Å². The first-order valence-electron chi connectivity index (χ1n) is 18.6. The summed E-state index contributed by atoms with van der Waals surface area (Å²) in [5.41, 5.74) is 14.5. The van der Waals surface area contributed by atoms with Crippen LogP contribution in [0.1, 0.15) is 68.6 Å². The standard InChI is InChI=1S/C49H41NO/c1-49(2)44-18-10-8-16-39(44)40-27-25-38(31-45(40)49)50(37-23-20-33(21-24-37)32-12-4-3-5-13-32)46-29-35-15-7-6-14-34(35)28-43(46)36-22-26-42-41-17-9-11-19-47(41)51-48(42)30-36/h6-11,14-32H,3-5,12-13H2,1-2H3. The van der Waals surface area contributed by atoms with Crippen molar-refractivity contribution in [3.8, 4) is 22.3 Å². The van der Waals surface area contributed by atoms with E-state index in [2.05, 4.69) is 158 Å². The van der Waals surface area contributed by atoms with Gasteiger partial charge in [-0.25, -0.2) is 0 Å². The largest absolute Gasteiger partial charge is 0.456 e. The molecule has 2 aliphatic carbocycles. The second-order valence-electron chi connectivity index (χ2n) is 15.2. The number of fused-ring (bicyclic) bond motifs is 7. The average Bonchev–Trinajstić information content (AvgIpc) is 3.66. The summed E-state index contributed by atoms with van der Waals surface area (Å²) in [7, 11) is 0. The van der Waals surface area contributed by atoms with Gasteiger partial charge < -0.3 is 9.32 Å². The second kappa shape index (κ2) is 11.7. The summed E-state index contributed by atoms with van der Waals surface area (Å²) in [6, 6.07) is 54.1. The highest BCUT2D eigenvalue weighted by molar-refractivity contribution is 6.07. The van der Waals surface area contributed by atoms with Crippen molar-refractivity contribution in [1.82, 2.24) is 0 Å². The van der Waals surface area contributed by atoms with Crippen molar-refractivity contribution in [1.29, 1.82) is 0 Å². The van der Waals surface area contributed by atoms with Gasteiger partial charge in [0.15, 0.2) is 0 Å². The molecule has 8 aromatic rings. The molecular formula is C49H41NO. The molecule has 248 valence electrons. The lowest BCUT2D eigenvalue weighted by Gasteiger charge is -2.31. The number of hydrogen-bond acceptors (Lipinski definition) is 2.